The maximum absolute atomic E-state index is 11.4. The van der Waals surface area contributed by atoms with E-state index in [9.17, 15) is 9.59 Å². The summed E-state index contributed by atoms with van der Waals surface area (Å²) >= 11 is 0. The summed E-state index contributed by atoms with van der Waals surface area (Å²) in [6.45, 7) is 2.40. The second-order valence-corrected chi connectivity index (χ2v) is 3.96. The molecule has 0 aliphatic heterocycles. The zero-order valence-corrected chi connectivity index (χ0v) is 10.9. The lowest BCUT2D eigenvalue weighted by Crippen LogP contribution is -2.24. The minimum atomic E-state index is -0.890. The lowest BCUT2D eigenvalue weighted by atomic mass is 10.2. The molecule has 0 unspecified atom stereocenters. The van der Waals surface area contributed by atoms with Crippen molar-refractivity contribution >= 4 is 17.6 Å². The van der Waals surface area contributed by atoms with Gasteiger partial charge in [0.1, 0.15) is 12.7 Å². The van der Waals surface area contributed by atoms with E-state index in [-0.39, 0.29) is 6.61 Å². The van der Waals surface area contributed by atoms with Crippen LogP contribution in [0.2, 0.25) is 0 Å². The van der Waals surface area contributed by atoms with Gasteiger partial charge in [0, 0.05) is 5.69 Å². The van der Waals surface area contributed by atoms with Crippen molar-refractivity contribution in [2.24, 2.45) is 0 Å². The fourth-order valence-electron chi connectivity index (χ4n) is 1.57. The molecule has 0 saturated heterocycles. The van der Waals surface area contributed by atoms with Crippen molar-refractivity contribution in [3.8, 4) is 0 Å². The van der Waals surface area contributed by atoms with Gasteiger partial charge in [0.05, 0.1) is 13.2 Å². The van der Waals surface area contributed by atoms with E-state index < -0.39 is 11.9 Å². The van der Waals surface area contributed by atoms with Gasteiger partial charge in [0.25, 0.3) is 0 Å². The molecule has 1 aromatic heterocycles. The smallest absolute Gasteiger partial charge is 0.397 e. The molecule has 0 aliphatic carbocycles. The summed E-state index contributed by atoms with van der Waals surface area (Å²) in [6, 6.07) is 7.09. The fraction of sp³-hybridized carbons (Fsp3) is 0.231. The van der Waals surface area contributed by atoms with Crippen molar-refractivity contribution in [3.05, 3.63) is 42.5 Å². The van der Waals surface area contributed by atoms with Crippen molar-refractivity contribution < 1.29 is 14.3 Å². The summed E-state index contributed by atoms with van der Waals surface area (Å²) in [5.74, 6) is -1.67. The van der Waals surface area contributed by atoms with Crippen LogP contribution in [0.25, 0.3) is 0 Å². The summed E-state index contributed by atoms with van der Waals surface area (Å²) in [5.41, 5.74) is 1.54. The number of anilines is 1. The Balaban J connectivity index is 1.94. The largest absolute Gasteiger partial charge is 0.459 e. The summed E-state index contributed by atoms with van der Waals surface area (Å²) < 4.78 is 6.29. The van der Waals surface area contributed by atoms with E-state index >= 15 is 0 Å². The number of rotatable bonds is 4. The number of carbonyl (C=O) groups excluding carboxylic acids is 2. The van der Waals surface area contributed by atoms with Crippen LogP contribution in [0.15, 0.2) is 36.9 Å². The minimum Gasteiger partial charge on any atom is -0.459 e. The molecule has 0 spiro atoms. The number of hydrogen-bond donors (Lipinski definition) is 1. The van der Waals surface area contributed by atoms with Crippen LogP contribution in [0.1, 0.15) is 12.5 Å². The third-order valence-electron chi connectivity index (χ3n) is 2.48. The first-order chi connectivity index (χ1) is 9.69. The van der Waals surface area contributed by atoms with Crippen molar-refractivity contribution in [1.82, 2.24) is 14.8 Å². The highest BCUT2D eigenvalue weighted by Gasteiger charge is 2.14. The van der Waals surface area contributed by atoms with Crippen LogP contribution >= 0.6 is 0 Å². The zero-order valence-electron chi connectivity index (χ0n) is 10.9. The van der Waals surface area contributed by atoms with E-state index in [4.69, 9.17) is 0 Å². The van der Waals surface area contributed by atoms with E-state index in [0.29, 0.717) is 12.2 Å². The van der Waals surface area contributed by atoms with Gasteiger partial charge in [-0.2, -0.15) is 5.10 Å². The molecule has 7 nitrogen and oxygen atoms in total. The molecule has 0 radical (unpaired) electrons. The van der Waals surface area contributed by atoms with Gasteiger partial charge in [0.2, 0.25) is 0 Å². The molecule has 0 atom stereocenters. The molecule has 0 aliphatic rings. The second-order valence-electron chi connectivity index (χ2n) is 3.96. The number of nitrogens with zero attached hydrogens (tertiary/aromatic N) is 3. The number of benzene rings is 1. The Bertz CT molecular complexity index is 578. The number of hydrogen-bond acceptors (Lipinski definition) is 5. The molecule has 0 fully saturated rings. The molecule has 1 amide bonds. The number of carbonyl (C=O) groups is 2. The molecular weight excluding hydrogens is 260 g/mol. The molecule has 0 bridgehead atoms. The van der Waals surface area contributed by atoms with Crippen LogP contribution in [-0.2, 0) is 20.9 Å². The maximum atomic E-state index is 11.4. The molecule has 2 aromatic rings. The van der Waals surface area contributed by atoms with E-state index in [0.717, 1.165) is 5.56 Å². The van der Waals surface area contributed by atoms with Crippen molar-refractivity contribution in [1.29, 1.82) is 0 Å². The van der Waals surface area contributed by atoms with Gasteiger partial charge in [-0.25, -0.2) is 14.5 Å². The third-order valence-corrected chi connectivity index (χ3v) is 2.48. The predicted octanol–water partition coefficient (Wildman–Crippen LogP) is 0.828. The van der Waals surface area contributed by atoms with Gasteiger partial charge in [-0.05, 0) is 24.6 Å². The number of ether oxygens (including phenoxy) is 1. The Hall–Kier alpha value is -2.70. The van der Waals surface area contributed by atoms with Crippen LogP contribution in [0.4, 0.5) is 5.69 Å². The molecule has 104 valence electrons. The quantitative estimate of drug-likeness (QED) is 0.659. The van der Waals surface area contributed by atoms with E-state index in [1.807, 2.05) is 12.1 Å². The number of aromatic nitrogens is 3. The molecule has 1 heterocycles. The SMILES string of the molecule is CCOC(=O)C(=O)Nc1ccc(Cn2cncn2)cc1. The fourth-order valence-corrected chi connectivity index (χ4v) is 1.57. The Kier molecular flexibility index (Phi) is 4.43. The van der Waals surface area contributed by atoms with Gasteiger partial charge in [-0.1, -0.05) is 12.1 Å². The van der Waals surface area contributed by atoms with E-state index in [1.165, 1.54) is 6.33 Å². The molecule has 1 N–H and O–H groups in total. The molecule has 1 aromatic carbocycles. The number of nitrogens with one attached hydrogen (secondary N) is 1. The highest BCUT2D eigenvalue weighted by Crippen LogP contribution is 2.10. The van der Waals surface area contributed by atoms with Crippen LogP contribution in [0.5, 0.6) is 0 Å². The Morgan fingerprint density at radius 1 is 1.30 bits per heavy atom. The topological polar surface area (TPSA) is 86.1 Å². The third kappa shape index (κ3) is 3.64. The average Bonchev–Trinajstić information content (AvgIpc) is 2.94. The zero-order chi connectivity index (χ0) is 14.4. The second kappa shape index (κ2) is 6.46. The van der Waals surface area contributed by atoms with E-state index in [2.05, 4.69) is 20.1 Å². The first-order valence-corrected chi connectivity index (χ1v) is 6.08. The normalized spacial score (nSPS) is 10.1. The highest BCUT2D eigenvalue weighted by molar-refractivity contribution is 6.37. The maximum Gasteiger partial charge on any atom is 0.397 e. The predicted molar refractivity (Wildman–Crippen MR) is 70.8 cm³/mol. The molecule has 0 saturated carbocycles. The number of amides is 1. The van der Waals surface area contributed by atoms with Gasteiger partial charge in [-0.3, -0.25) is 4.79 Å². The lowest BCUT2D eigenvalue weighted by Gasteiger charge is -2.06. The first kappa shape index (κ1) is 13.7. The highest BCUT2D eigenvalue weighted by atomic mass is 16.5. The van der Waals surface area contributed by atoms with Crippen LogP contribution < -0.4 is 5.32 Å². The first-order valence-electron chi connectivity index (χ1n) is 6.08. The van der Waals surface area contributed by atoms with Gasteiger partial charge < -0.3 is 10.1 Å². The van der Waals surface area contributed by atoms with Crippen molar-refractivity contribution in [2.45, 2.75) is 13.5 Å². The summed E-state index contributed by atoms with van der Waals surface area (Å²) in [7, 11) is 0. The molecular formula is C13H14N4O3. The van der Waals surface area contributed by atoms with Crippen LogP contribution in [0.3, 0.4) is 0 Å². The Morgan fingerprint density at radius 2 is 2.05 bits per heavy atom. The van der Waals surface area contributed by atoms with Crippen LogP contribution in [-0.4, -0.2) is 33.2 Å². The monoisotopic (exact) mass is 274 g/mol. The summed E-state index contributed by atoms with van der Waals surface area (Å²) in [4.78, 5) is 26.5. The summed E-state index contributed by atoms with van der Waals surface area (Å²) in [5, 5.41) is 6.46. The van der Waals surface area contributed by atoms with Crippen molar-refractivity contribution in [2.75, 3.05) is 11.9 Å². The summed E-state index contributed by atoms with van der Waals surface area (Å²) in [6.07, 6.45) is 3.09. The average molecular weight is 274 g/mol. The standard InChI is InChI=1S/C13H14N4O3/c1-2-20-13(19)12(18)16-11-5-3-10(4-6-11)7-17-9-14-8-15-17/h3-6,8-9H,2,7H2,1H3,(H,16,18). The van der Waals surface area contributed by atoms with Gasteiger partial charge in [-0.15, -0.1) is 0 Å². The van der Waals surface area contributed by atoms with E-state index in [1.54, 1.807) is 30.1 Å². The molecule has 2 rings (SSSR count). The van der Waals surface area contributed by atoms with Crippen LogP contribution in [0, 0.1) is 0 Å². The Labute approximate surface area is 115 Å². The van der Waals surface area contributed by atoms with Gasteiger partial charge >= 0.3 is 11.9 Å². The van der Waals surface area contributed by atoms with Crippen molar-refractivity contribution in [3.63, 3.8) is 0 Å². The minimum absolute atomic E-state index is 0.170. The Morgan fingerprint density at radius 3 is 2.65 bits per heavy atom. The molecule has 7 heteroatoms. The lowest BCUT2D eigenvalue weighted by molar-refractivity contribution is -0.152. The molecule has 20 heavy (non-hydrogen) atoms. The number of esters is 1. The van der Waals surface area contributed by atoms with Gasteiger partial charge in [0.15, 0.2) is 0 Å².